The molecule has 2 N–H and O–H groups in total. The van der Waals surface area contributed by atoms with Gasteiger partial charge in [0.2, 0.25) is 5.75 Å². The number of nitro groups is 1. The summed E-state index contributed by atoms with van der Waals surface area (Å²) >= 11 is 9.05. The lowest BCUT2D eigenvalue weighted by molar-refractivity contribution is -0.385. The van der Waals surface area contributed by atoms with Crippen LogP contribution in [0.15, 0.2) is 46.4 Å². The van der Waals surface area contributed by atoms with Crippen molar-refractivity contribution in [2.45, 2.75) is 0 Å². The summed E-state index contributed by atoms with van der Waals surface area (Å²) < 4.78 is 0.712. The summed E-state index contributed by atoms with van der Waals surface area (Å²) in [6.07, 6.45) is 0.935. The van der Waals surface area contributed by atoms with Crippen LogP contribution in [-0.2, 0) is 9.59 Å². The Balaban J connectivity index is 2.09. The Kier molecular flexibility index (Phi) is 5.16. The fraction of sp³-hybridized carbons (Fsp3) is 0. The van der Waals surface area contributed by atoms with Gasteiger partial charge >= 0.3 is 11.7 Å². The molecule has 28 heavy (non-hydrogen) atoms. The third-order valence-corrected chi connectivity index (χ3v) is 4.51. The maximum Gasteiger partial charge on any atom is 0.335 e. The summed E-state index contributed by atoms with van der Waals surface area (Å²) in [5, 5.41) is 23.0. The largest absolute Gasteiger partial charge is 0.502 e. The van der Waals surface area contributed by atoms with Crippen molar-refractivity contribution >= 4 is 62.8 Å². The van der Waals surface area contributed by atoms with Gasteiger partial charge in [0.1, 0.15) is 5.57 Å². The summed E-state index contributed by atoms with van der Waals surface area (Å²) in [5.74, 6) is -2.74. The lowest BCUT2D eigenvalue weighted by Crippen LogP contribution is -2.54. The van der Waals surface area contributed by atoms with Gasteiger partial charge in [-0.2, -0.15) is 0 Å². The van der Waals surface area contributed by atoms with Crippen LogP contribution in [0.3, 0.4) is 0 Å². The van der Waals surface area contributed by atoms with Crippen molar-refractivity contribution in [3.63, 3.8) is 0 Å². The Morgan fingerprint density at radius 3 is 2.43 bits per heavy atom. The van der Waals surface area contributed by atoms with Crippen LogP contribution in [0.2, 0.25) is 5.02 Å². The van der Waals surface area contributed by atoms with E-state index in [0.717, 1.165) is 23.1 Å². The molecule has 1 saturated heterocycles. The number of nitro benzene ring substituents is 1. The molecule has 1 aliphatic rings. The molecular formula is C17H9BrClN3O6. The lowest BCUT2D eigenvalue weighted by atomic mass is 10.1. The van der Waals surface area contributed by atoms with Crippen molar-refractivity contribution in [3.8, 4) is 5.75 Å². The van der Waals surface area contributed by atoms with Crippen LogP contribution >= 0.6 is 27.5 Å². The van der Waals surface area contributed by atoms with E-state index < -0.39 is 39.8 Å². The molecule has 1 fully saturated rings. The van der Waals surface area contributed by atoms with E-state index in [4.69, 9.17) is 11.6 Å². The summed E-state index contributed by atoms with van der Waals surface area (Å²) in [6.45, 7) is 0. The number of nitrogens with zero attached hydrogens (tertiary/aromatic N) is 2. The average Bonchev–Trinajstić information content (AvgIpc) is 2.62. The predicted octanol–water partition coefficient (Wildman–Crippen LogP) is 3.38. The van der Waals surface area contributed by atoms with E-state index in [1.54, 1.807) is 12.1 Å². The molecule has 142 valence electrons. The van der Waals surface area contributed by atoms with Crippen LogP contribution in [-0.4, -0.2) is 27.9 Å². The third kappa shape index (κ3) is 3.59. The summed E-state index contributed by atoms with van der Waals surface area (Å²) in [6, 6.07) is 7.30. The van der Waals surface area contributed by atoms with Crippen LogP contribution in [0.5, 0.6) is 5.75 Å². The fourth-order valence-electron chi connectivity index (χ4n) is 2.49. The standard InChI is InChI=1S/C17H9BrClN3O6/c18-9-1-3-11(4-2-9)21-16(25)12(15(24)20-17(21)26)6-8-5-10(19)7-13(14(8)23)22(27)28/h1-7,23H,(H,20,24,26)/b12-6+. The number of carbonyl (C=O) groups is 3. The number of aromatic hydroxyl groups is 1. The van der Waals surface area contributed by atoms with Gasteiger partial charge in [0.05, 0.1) is 10.6 Å². The molecule has 3 rings (SSSR count). The van der Waals surface area contributed by atoms with Crippen molar-refractivity contribution in [1.29, 1.82) is 0 Å². The lowest BCUT2D eigenvalue weighted by Gasteiger charge is -2.26. The smallest absolute Gasteiger partial charge is 0.335 e. The van der Waals surface area contributed by atoms with Gasteiger partial charge in [-0.3, -0.25) is 25.0 Å². The Hall–Kier alpha value is -3.24. The van der Waals surface area contributed by atoms with E-state index in [1.165, 1.54) is 12.1 Å². The highest BCUT2D eigenvalue weighted by molar-refractivity contribution is 9.10. The van der Waals surface area contributed by atoms with Crippen LogP contribution in [0, 0.1) is 10.1 Å². The van der Waals surface area contributed by atoms with Crippen LogP contribution in [0.25, 0.3) is 6.08 Å². The molecule has 1 heterocycles. The van der Waals surface area contributed by atoms with E-state index in [1.807, 2.05) is 5.32 Å². The molecule has 0 spiro atoms. The number of barbiturate groups is 1. The molecule has 11 heteroatoms. The summed E-state index contributed by atoms with van der Waals surface area (Å²) in [7, 11) is 0. The molecule has 9 nitrogen and oxygen atoms in total. The van der Waals surface area contributed by atoms with Crippen LogP contribution < -0.4 is 10.2 Å². The van der Waals surface area contributed by atoms with Crippen molar-refractivity contribution in [3.05, 3.63) is 67.1 Å². The molecule has 0 aromatic heterocycles. The highest BCUT2D eigenvalue weighted by atomic mass is 79.9. The molecule has 2 aromatic carbocycles. The maximum absolute atomic E-state index is 12.8. The van der Waals surface area contributed by atoms with Gasteiger partial charge in [-0.15, -0.1) is 0 Å². The first kappa shape index (κ1) is 19.5. The number of phenols is 1. The normalized spacial score (nSPS) is 15.7. The topological polar surface area (TPSA) is 130 Å². The second kappa shape index (κ2) is 7.41. The van der Waals surface area contributed by atoms with Crippen molar-refractivity contribution in [2.75, 3.05) is 4.90 Å². The van der Waals surface area contributed by atoms with Crippen molar-refractivity contribution < 1.29 is 24.4 Å². The highest BCUT2D eigenvalue weighted by Gasteiger charge is 2.37. The van der Waals surface area contributed by atoms with Gasteiger partial charge in [-0.1, -0.05) is 27.5 Å². The number of anilines is 1. The van der Waals surface area contributed by atoms with E-state index in [0.29, 0.717) is 4.47 Å². The number of imide groups is 2. The first-order chi connectivity index (χ1) is 13.2. The summed E-state index contributed by atoms with van der Waals surface area (Å²) in [5.41, 5.74) is -1.22. The van der Waals surface area contributed by atoms with Crippen molar-refractivity contribution in [2.24, 2.45) is 0 Å². The molecule has 0 bridgehead atoms. The number of hydrogen-bond acceptors (Lipinski definition) is 6. The molecule has 0 aliphatic carbocycles. The molecule has 0 radical (unpaired) electrons. The minimum atomic E-state index is -1.01. The van der Waals surface area contributed by atoms with Gasteiger partial charge in [0.25, 0.3) is 11.8 Å². The van der Waals surface area contributed by atoms with Gasteiger partial charge in [-0.05, 0) is 36.4 Å². The second-order valence-electron chi connectivity index (χ2n) is 5.55. The van der Waals surface area contributed by atoms with Gasteiger partial charge in [0, 0.05) is 21.1 Å². The SMILES string of the molecule is O=C1NC(=O)N(c2ccc(Br)cc2)C(=O)/C1=C/c1cc(Cl)cc([N+](=O)[O-])c1O. The molecule has 2 aromatic rings. The first-order valence-electron chi connectivity index (χ1n) is 7.53. The number of carbonyl (C=O) groups excluding carboxylic acids is 3. The van der Waals surface area contributed by atoms with Gasteiger partial charge < -0.3 is 5.11 Å². The molecule has 1 aliphatic heterocycles. The number of urea groups is 1. The Morgan fingerprint density at radius 2 is 1.82 bits per heavy atom. The highest BCUT2D eigenvalue weighted by Crippen LogP contribution is 2.35. The zero-order valence-electron chi connectivity index (χ0n) is 13.7. The zero-order valence-corrected chi connectivity index (χ0v) is 16.0. The fourth-order valence-corrected chi connectivity index (χ4v) is 2.98. The number of halogens is 2. The van der Waals surface area contributed by atoms with Gasteiger partial charge in [0.15, 0.2) is 0 Å². The Labute approximate surface area is 170 Å². The number of rotatable bonds is 3. The number of nitrogens with one attached hydrogen (secondary N) is 1. The zero-order chi connectivity index (χ0) is 20.6. The van der Waals surface area contributed by atoms with Crippen LogP contribution in [0.4, 0.5) is 16.2 Å². The predicted molar refractivity (Wildman–Crippen MR) is 103 cm³/mol. The molecular weight excluding hydrogens is 458 g/mol. The number of hydrogen-bond donors (Lipinski definition) is 2. The molecule has 0 unspecified atom stereocenters. The van der Waals surface area contributed by atoms with E-state index >= 15 is 0 Å². The van der Waals surface area contributed by atoms with E-state index in [-0.39, 0.29) is 16.3 Å². The number of amides is 4. The molecule has 0 atom stereocenters. The first-order valence-corrected chi connectivity index (χ1v) is 8.70. The van der Waals surface area contributed by atoms with E-state index in [2.05, 4.69) is 15.9 Å². The quantitative estimate of drug-likeness (QED) is 0.309. The van der Waals surface area contributed by atoms with Crippen molar-refractivity contribution in [1.82, 2.24) is 5.32 Å². The van der Waals surface area contributed by atoms with Crippen LogP contribution in [0.1, 0.15) is 5.56 Å². The third-order valence-electron chi connectivity index (χ3n) is 3.77. The molecule has 0 saturated carbocycles. The maximum atomic E-state index is 12.8. The molecule has 4 amide bonds. The number of phenolic OH excluding ortho intramolecular Hbond substituents is 1. The minimum absolute atomic E-state index is 0.0825. The monoisotopic (exact) mass is 465 g/mol. The Morgan fingerprint density at radius 1 is 1.18 bits per heavy atom. The Bertz CT molecular complexity index is 1070. The minimum Gasteiger partial charge on any atom is -0.502 e. The second-order valence-corrected chi connectivity index (χ2v) is 6.91. The average molecular weight is 467 g/mol. The van der Waals surface area contributed by atoms with E-state index in [9.17, 15) is 29.6 Å². The summed E-state index contributed by atoms with van der Waals surface area (Å²) in [4.78, 5) is 48.0. The number of benzene rings is 2. The van der Waals surface area contributed by atoms with Gasteiger partial charge in [-0.25, -0.2) is 9.69 Å².